The van der Waals surface area contributed by atoms with Crippen molar-refractivity contribution >= 4 is 27.7 Å². The van der Waals surface area contributed by atoms with Gasteiger partial charge in [0.1, 0.15) is 6.04 Å². The van der Waals surface area contributed by atoms with Crippen molar-refractivity contribution in [2.24, 2.45) is 0 Å². The first-order valence-electron chi connectivity index (χ1n) is 6.22. The third kappa shape index (κ3) is 5.93. The quantitative estimate of drug-likeness (QED) is 0.598. The highest BCUT2D eigenvalue weighted by Crippen LogP contribution is 2.03. The monoisotopic (exact) mass is 320 g/mol. The molecule has 1 aromatic heterocycles. The summed E-state index contributed by atoms with van der Waals surface area (Å²) in [7, 11) is -3.40. The van der Waals surface area contributed by atoms with Crippen LogP contribution in [0.15, 0.2) is 12.4 Å². The Hall–Kier alpha value is -1.06. The fraction of sp³-hybridized carbons (Fsp3) is 0.636. The lowest BCUT2D eigenvalue weighted by atomic mass is 10.2. The number of sulfonamides is 1. The van der Waals surface area contributed by atoms with Gasteiger partial charge in [0.2, 0.25) is 15.9 Å². The molecule has 0 aliphatic rings. The molecule has 3 N–H and O–H groups in total. The molecule has 0 aromatic carbocycles. The van der Waals surface area contributed by atoms with E-state index in [1.807, 2.05) is 6.26 Å². The minimum Gasteiger partial charge on any atom is -0.351 e. The number of nitrogens with zero attached hydrogens (tertiary/aromatic N) is 1. The van der Waals surface area contributed by atoms with Gasteiger partial charge in [0.05, 0.1) is 11.9 Å². The summed E-state index contributed by atoms with van der Waals surface area (Å²) in [5, 5.41) is 9.13. The first-order valence-corrected chi connectivity index (χ1v) is 9.27. The number of carbonyl (C=O) groups is 1. The Morgan fingerprint density at radius 1 is 1.55 bits per heavy atom. The summed E-state index contributed by atoms with van der Waals surface area (Å²) in [6.07, 6.45) is 5.65. The number of rotatable bonds is 9. The lowest BCUT2D eigenvalue weighted by molar-refractivity contribution is -0.122. The molecule has 0 bridgehead atoms. The van der Waals surface area contributed by atoms with E-state index in [9.17, 15) is 13.2 Å². The van der Waals surface area contributed by atoms with Crippen LogP contribution in [0.4, 0.5) is 0 Å². The molecule has 1 rings (SSSR count). The minimum absolute atomic E-state index is 0.0439. The van der Waals surface area contributed by atoms with E-state index in [0.717, 1.165) is 5.56 Å². The molecule has 0 aliphatic carbocycles. The average molecular weight is 320 g/mol. The van der Waals surface area contributed by atoms with Gasteiger partial charge in [-0.1, -0.05) is 0 Å². The van der Waals surface area contributed by atoms with Gasteiger partial charge in [-0.15, -0.1) is 0 Å². The second-order valence-electron chi connectivity index (χ2n) is 4.18. The Morgan fingerprint density at radius 2 is 2.30 bits per heavy atom. The van der Waals surface area contributed by atoms with E-state index in [0.29, 0.717) is 18.7 Å². The van der Waals surface area contributed by atoms with Crippen molar-refractivity contribution in [1.29, 1.82) is 0 Å². The van der Waals surface area contributed by atoms with E-state index in [4.69, 9.17) is 0 Å². The highest BCUT2D eigenvalue weighted by atomic mass is 32.2. The van der Waals surface area contributed by atoms with Gasteiger partial charge < -0.3 is 5.32 Å². The highest BCUT2D eigenvalue weighted by molar-refractivity contribution is 7.98. The Balaban J connectivity index is 2.59. The number of thioether (sulfide) groups is 1. The fourth-order valence-electron chi connectivity index (χ4n) is 1.47. The van der Waals surface area contributed by atoms with Crippen LogP contribution in [-0.4, -0.2) is 48.3 Å². The number of aromatic nitrogens is 2. The van der Waals surface area contributed by atoms with Crippen molar-refractivity contribution in [3.63, 3.8) is 0 Å². The fourth-order valence-corrected chi connectivity index (χ4v) is 2.76. The maximum atomic E-state index is 12.1. The van der Waals surface area contributed by atoms with Crippen LogP contribution < -0.4 is 10.0 Å². The molecule has 0 aliphatic heterocycles. The zero-order chi connectivity index (χ0) is 15.0. The van der Waals surface area contributed by atoms with Crippen LogP contribution in [-0.2, 0) is 21.4 Å². The smallest absolute Gasteiger partial charge is 0.238 e. The van der Waals surface area contributed by atoms with Crippen molar-refractivity contribution in [3.05, 3.63) is 18.0 Å². The Morgan fingerprint density at radius 3 is 2.85 bits per heavy atom. The van der Waals surface area contributed by atoms with Crippen molar-refractivity contribution in [1.82, 2.24) is 20.2 Å². The molecule has 114 valence electrons. The standard InChI is InChI=1S/C11H20N4O3S2/c1-3-20(17,18)15-10(4-5-19-2)11(16)12-6-9-7-13-14-8-9/h7-8,10,15H,3-6H2,1-2H3,(H,12,16)(H,13,14). The maximum absolute atomic E-state index is 12.1. The largest absolute Gasteiger partial charge is 0.351 e. The third-order valence-corrected chi connectivity index (χ3v) is 4.70. The van der Waals surface area contributed by atoms with Crippen LogP contribution in [0.25, 0.3) is 0 Å². The lowest BCUT2D eigenvalue weighted by Gasteiger charge is -2.17. The predicted octanol–water partition coefficient (Wildman–Crippen LogP) is 0.0869. The molecule has 9 heteroatoms. The number of H-pyrrole nitrogens is 1. The lowest BCUT2D eigenvalue weighted by Crippen LogP contribution is -2.47. The van der Waals surface area contributed by atoms with Gasteiger partial charge in [0.25, 0.3) is 0 Å². The number of nitrogens with one attached hydrogen (secondary N) is 3. The van der Waals surface area contributed by atoms with Gasteiger partial charge in [-0.3, -0.25) is 9.89 Å². The molecular formula is C11H20N4O3S2. The molecule has 0 saturated heterocycles. The third-order valence-electron chi connectivity index (χ3n) is 2.65. The first kappa shape index (κ1) is 17.0. The van der Waals surface area contributed by atoms with E-state index in [2.05, 4.69) is 20.2 Å². The molecule has 1 unspecified atom stereocenters. The van der Waals surface area contributed by atoms with Gasteiger partial charge in [-0.05, 0) is 25.4 Å². The number of hydrogen-bond acceptors (Lipinski definition) is 5. The number of aromatic amines is 1. The average Bonchev–Trinajstić information content (AvgIpc) is 2.94. The van der Waals surface area contributed by atoms with Crippen molar-refractivity contribution in [3.8, 4) is 0 Å². The zero-order valence-corrected chi connectivity index (χ0v) is 13.2. The van der Waals surface area contributed by atoms with Gasteiger partial charge >= 0.3 is 0 Å². The molecule has 1 atom stereocenters. The molecule has 0 radical (unpaired) electrons. The Labute approximate surface area is 123 Å². The molecule has 0 saturated carbocycles. The van der Waals surface area contributed by atoms with Crippen LogP contribution in [0.2, 0.25) is 0 Å². The van der Waals surface area contributed by atoms with E-state index < -0.39 is 16.1 Å². The summed E-state index contributed by atoms with van der Waals surface area (Å²) in [6.45, 7) is 1.86. The number of carbonyl (C=O) groups excluding carboxylic acids is 1. The first-order chi connectivity index (χ1) is 9.48. The zero-order valence-electron chi connectivity index (χ0n) is 11.5. The summed E-state index contributed by atoms with van der Waals surface area (Å²) < 4.78 is 25.6. The van der Waals surface area contributed by atoms with Gasteiger partial charge in [0, 0.05) is 18.3 Å². The second-order valence-corrected chi connectivity index (χ2v) is 7.21. The molecule has 1 heterocycles. The van der Waals surface area contributed by atoms with Gasteiger partial charge in [-0.2, -0.15) is 16.9 Å². The Kier molecular flexibility index (Phi) is 7.03. The molecule has 1 aromatic rings. The summed E-state index contributed by atoms with van der Waals surface area (Å²) in [5.41, 5.74) is 0.834. The molecule has 1 amide bonds. The summed E-state index contributed by atoms with van der Waals surface area (Å²) in [5.74, 6) is 0.339. The van der Waals surface area contributed by atoms with Crippen LogP contribution in [0.3, 0.4) is 0 Å². The Bertz CT molecular complexity index is 502. The van der Waals surface area contributed by atoms with E-state index in [1.165, 1.54) is 6.92 Å². The SMILES string of the molecule is CCS(=O)(=O)NC(CCSC)C(=O)NCc1cn[nH]c1. The van der Waals surface area contributed by atoms with Crippen molar-refractivity contribution < 1.29 is 13.2 Å². The summed E-state index contributed by atoms with van der Waals surface area (Å²) >= 11 is 1.57. The number of hydrogen-bond donors (Lipinski definition) is 3. The predicted molar refractivity (Wildman–Crippen MR) is 79.8 cm³/mol. The van der Waals surface area contributed by atoms with E-state index in [1.54, 1.807) is 24.2 Å². The van der Waals surface area contributed by atoms with Gasteiger partial charge in [0.15, 0.2) is 0 Å². The highest BCUT2D eigenvalue weighted by Gasteiger charge is 2.22. The van der Waals surface area contributed by atoms with Crippen LogP contribution in [0, 0.1) is 0 Å². The van der Waals surface area contributed by atoms with E-state index >= 15 is 0 Å². The normalized spacial score (nSPS) is 13.1. The van der Waals surface area contributed by atoms with Crippen LogP contribution >= 0.6 is 11.8 Å². The summed E-state index contributed by atoms with van der Waals surface area (Å²) in [4.78, 5) is 12.1. The molecule has 7 nitrogen and oxygen atoms in total. The number of amides is 1. The van der Waals surface area contributed by atoms with Crippen LogP contribution in [0.5, 0.6) is 0 Å². The second kappa shape index (κ2) is 8.28. The molecular weight excluding hydrogens is 300 g/mol. The van der Waals surface area contributed by atoms with Gasteiger partial charge in [-0.25, -0.2) is 13.1 Å². The maximum Gasteiger partial charge on any atom is 0.238 e. The van der Waals surface area contributed by atoms with Crippen molar-refractivity contribution in [2.75, 3.05) is 17.8 Å². The van der Waals surface area contributed by atoms with E-state index in [-0.39, 0.29) is 11.7 Å². The topological polar surface area (TPSA) is 104 Å². The molecule has 0 spiro atoms. The molecule has 0 fully saturated rings. The van der Waals surface area contributed by atoms with Crippen LogP contribution in [0.1, 0.15) is 18.9 Å². The van der Waals surface area contributed by atoms with Crippen molar-refractivity contribution in [2.45, 2.75) is 25.9 Å². The molecule has 20 heavy (non-hydrogen) atoms. The summed E-state index contributed by atoms with van der Waals surface area (Å²) in [6, 6.07) is -0.737. The minimum atomic E-state index is -3.40.